The zero-order valence-electron chi connectivity index (χ0n) is 11.0. The van der Waals surface area contributed by atoms with Gasteiger partial charge in [0.05, 0.1) is 11.7 Å². The van der Waals surface area contributed by atoms with Crippen LogP contribution in [0.3, 0.4) is 0 Å². The van der Waals surface area contributed by atoms with Gasteiger partial charge in [-0.15, -0.1) is 0 Å². The second kappa shape index (κ2) is 5.98. The van der Waals surface area contributed by atoms with E-state index < -0.39 is 18.3 Å². The highest BCUT2D eigenvalue weighted by Gasteiger charge is 2.16. The minimum absolute atomic E-state index is 0.165. The first kappa shape index (κ1) is 14.7. The number of anilines is 2. The number of halogens is 3. The number of nitrogens with zero attached hydrogens (tertiary/aromatic N) is 1. The predicted molar refractivity (Wildman–Crippen MR) is 69.0 cm³/mol. The monoisotopic (exact) mass is 260 g/mol. The first-order valence-corrected chi connectivity index (χ1v) is 5.90. The van der Waals surface area contributed by atoms with Gasteiger partial charge in [-0.2, -0.15) is 0 Å². The van der Waals surface area contributed by atoms with E-state index in [0.29, 0.717) is 11.4 Å². The Morgan fingerprint density at radius 3 is 2.22 bits per heavy atom. The van der Waals surface area contributed by atoms with E-state index in [1.54, 1.807) is 24.1 Å². The third-order valence-electron chi connectivity index (χ3n) is 2.87. The summed E-state index contributed by atoms with van der Waals surface area (Å²) in [6, 6.07) is 3.61. The normalized spacial score (nSPS) is 12.9. The number of benzene rings is 1. The lowest BCUT2D eigenvalue weighted by Gasteiger charge is -2.25. The van der Waals surface area contributed by atoms with E-state index in [-0.39, 0.29) is 6.04 Å². The van der Waals surface area contributed by atoms with Crippen LogP contribution in [0.15, 0.2) is 18.2 Å². The summed E-state index contributed by atoms with van der Waals surface area (Å²) in [6.07, 6.45) is -2.48. The molecule has 0 amide bonds. The molecule has 0 aromatic heterocycles. The molecular formula is C13H19F3N2. The maximum absolute atomic E-state index is 13.8. The van der Waals surface area contributed by atoms with Gasteiger partial charge in [0.1, 0.15) is 5.82 Å². The van der Waals surface area contributed by atoms with Crippen LogP contribution in [0.1, 0.15) is 20.8 Å². The Bertz CT molecular complexity index is 394. The number of hydrogen-bond acceptors (Lipinski definition) is 2. The Morgan fingerprint density at radius 2 is 1.78 bits per heavy atom. The summed E-state index contributed by atoms with van der Waals surface area (Å²) < 4.78 is 38.6. The van der Waals surface area contributed by atoms with E-state index in [4.69, 9.17) is 0 Å². The van der Waals surface area contributed by atoms with Gasteiger partial charge in [-0.05, 0) is 39.0 Å². The predicted octanol–water partition coefficient (Wildman–Crippen LogP) is 3.74. The lowest BCUT2D eigenvalue weighted by molar-refractivity contribution is 0.130. The molecule has 102 valence electrons. The molecule has 0 heterocycles. The molecule has 18 heavy (non-hydrogen) atoms. The van der Waals surface area contributed by atoms with Gasteiger partial charge in [-0.1, -0.05) is 0 Å². The number of rotatable bonds is 5. The van der Waals surface area contributed by atoms with Crippen LogP contribution in [0.4, 0.5) is 24.5 Å². The van der Waals surface area contributed by atoms with Gasteiger partial charge in [0.15, 0.2) is 0 Å². The van der Waals surface area contributed by atoms with Crippen LogP contribution in [0, 0.1) is 5.82 Å². The summed E-state index contributed by atoms with van der Waals surface area (Å²) in [5.41, 5.74) is 0.821. The molecule has 1 aromatic rings. The third-order valence-corrected chi connectivity index (χ3v) is 2.87. The highest BCUT2D eigenvalue weighted by Crippen LogP contribution is 2.24. The van der Waals surface area contributed by atoms with Gasteiger partial charge >= 0.3 is 0 Å². The van der Waals surface area contributed by atoms with Crippen LogP contribution >= 0.6 is 0 Å². The first-order chi connectivity index (χ1) is 8.32. The molecule has 1 aromatic carbocycles. The van der Waals surface area contributed by atoms with Crippen LogP contribution in [-0.2, 0) is 0 Å². The quantitative estimate of drug-likeness (QED) is 0.867. The van der Waals surface area contributed by atoms with Gasteiger partial charge < -0.3 is 10.2 Å². The molecule has 0 aliphatic carbocycles. The Kier molecular flexibility index (Phi) is 4.87. The molecule has 2 nitrogen and oxygen atoms in total. The van der Waals surface area contributed by atoms with Gasteiger partial charge in [0.25, 0.3) is 6.43 Å². The smallest absolute Gasteiger partial charge is 0.258 e. The van der Waals surface area contributed by atoms with E-state index in [1.807, 2.05) is 13.8 Å². The summed E-state index contributed by atoms with van der Waals surface area (Å²) in [7, 11) is 1.79. The van der Waals surface area contributed by atoms with Crippen LogP contribution in [-0.4, -0.2) is 25.6 Å². The molecule has 1 rings (SSSR count). The lowest BCUT2D eigenvalue weighted by Crippen LogP contribution is -2.27. The third kappa shape index (κ3) is 3.55. The molecule has 0 spiro atoms. The van der Waals surface area contributed by atoms with E-state index in [1.165, 1.54) is 13.0 Å². The number of alkyl halides is 2. The molecule has 1 unspecified atom stereocenters. The van der Waals surface area contributed by atoms with Crippen molar-refractivity contribution >= 4 is 11.4 Å². The zero-order chi connectivity index (χ0) is 13.9. The average Bonchev–Trinajstić information content (AvgIpc) is 2.28. The van der Waals surface area contributed by atoms with Crippen molar-refractivity contribution in [1.82, 2.24) is 0 Å². The molecule has 0 saturated heterocycles. The summed E-state index contributed by atoms with van der Waals surface area (Å²) in [6.45, 7) is 5.26. The Hall–Kier alpha value is -1.39. The summed E-state index contributed by atoms with van der Waals surface area (Å²) in [4.78, 5) is 1.79. The van der Waals surface area contributed by atoms with Gasteiger partial charge in [0.2, 0.25) is 0 Å². The molecule has 0 bridgehead atoms. The molecule has 0 aliphatic heterocycles. The van der Waals surface area contributed by atoms with Crippen molar-refractivity contribution in [3.8, 4) is 0 Å². The Balaban J connectivity index is 2.86. The van der Waals surface area contributed by atoms with Crippen molar-refractivity contribution in [1.29, 1.82) is 0 Å². The fourth-order valence-electron chi connectivity index (χ4n) is 1.49. The van der Waals surface area contributed by atoms with Crippen LogP contribution in [0.2, 0.25) is 0 Å². The van der Waals surface area contributed by atoms with Crippen LogP contribution < -0.4 is 10.2 Å². The van der Waals surface area contributed by atoms with E-state index in [9.17, 15) is 13.2 Å². The minimum Gasteiger partial charge on any atom is -0.377 e. The Labute approximate surface area is 106 Å². The molecule has 0 saturated carbocycles. The molecule has 1 atom stereocenters. The topological polar surface area (TPSA) is 15.3 Å². The number of nitrogens with one attached hydrogen (secondary N) is 1. The van der Waals surface area contributed by atoms with Crippen LogP contribution in [0.5, 0.6) is 0 Å². The largest absolute Gasteiger partial charge is 0.377 e. The summed E-state index contributed by atoms with van der Waals surface area (Å²) in [5, 5.41) is 2.57. The standard InChI is InChI=1S/C13H19F3N2/c1-8(2)18(4)12-6-5-10(7-11(12)14)17-9(3)13(15)16/h5-9,13,17H,1-4H3. The lowest BCUT2D eigenvalue weighted by atomic mass is 10.2. The van der Waals surface area contributed by atoms with Crippen molar-refractivity contribution in [3.05, 3.63) is 24.0 Å². The highest BCUT2D eigenvalue weighted by molar-refractivity contribution is 5.56. The summed E-state index contributed by atoms with van der Waals surface area (Å²) in [5.74, 6) is -0.419. The Morgan fingerprint density at radius 1 is 1.17 bits per heavy atom. The van der Waals surface area contributed by atoms with Crippen molar-refractivity contribution in [2.75, 3.05) is 17.3 Å². The van der Waals surface area contributed by atoms with Gasteiger partial charge in [-0.25, -0.2) is 13.2 Å². The zero-order valence-corrected chi connectivity index (χ0v) is 11.0. The molecule has 0 fully saturated rings. The van der Waals surface area contributed by atoms with Crippen molar-refractivity contribution in [2.45, 2.75) is 39.3 Å². The second-order valence-electron chi connectivity index (χ2n) is 4.64. The highest BCUT2D eigenvalue weighted by atomic mass is 19.3. The van der Waals surface area contributed by atoms with Gasteiger partial charge in [0, 0.05) is 18.8 Å². The SMILES string of the molecule is CC(Nc1ccc(N(C)C(C)C)c(F)c1)C(F)F. The minimum atomic E-state index is -2.48. The maximum atomic E-state index is 13.8. The van der Waals surface area contributed by atoms with Crippen molar-refractivity contribution in [2.24, 2.45) is 0 Å². The van der Waals surface area contributed by atoms with E-state index >= 15 is 0 Å². The average molecular weight is 260 g/mol. The fourth-order valence-corrected chi connectivity index (χ4v) is 1.49. The molecule has 1 N–H and O–H groups in total. The molecule has 5 heteroatoms. The van der Waals surface area contributed by atoms with Gasteiger partial charge in [-0.3, -0.25) is 0 Å². The molecular weight excluding hydrogens is 241 g/mol. The van der Waals surface area contributed by atoms with E-state index in [0.717, 1.165) is 0 Å². The van der Waals surface area contributed by atoms with Crippen molar-refractivity contribution < 1.29 is 13.2 Å². The maximum Gasteiger partial charge on any atom is 0.258 e. The van der Waals surface area contributed by atoms with Crippen molar-refractivity contribution in [3.63, 3.8) is 0 Å². The molecule has 0 aliphatic rings. The summed E-state index contributed by atoms with van der Waals surface area (Å²) >= 11 is 0. The number of hydrogen-bond donors (Lipinski definition) is 1. The van der Waals surface area contributed by atoms with Crippen LogP contribution in [0.25, 0.3) is 0 Å². The second-order valence-corrected chi connectivity index (χ2v) is 4.64. The first-order valence-electron chi connectivity index (χ1n) is 5.90. The van der Waals surface area contributed by atoms with E-state index in [2.05, 4.69) is 5.32 Å². The molecule has 0 radical (unpaired) electrons. The fraction of sp³-hybridized carbons (Fsp3) is 0.538.